The molecule has 70 valence electrons. The third-order valence-corrected chi connectivity index (χ3v) is 2.02. The summed E-state index contributed by atoms with van der Waals surface area (Å²) in [7, 11) is 1.93. The van der Waals surface area contributed by atoms with Crippen molar-refractivity contribution in [2.45, 2.75) is 6.42 Å². The minimum Gasteiger partial charge on any atom is -0.355 e. The number of amides is 1. The van der Waals surface area contributed by atoms with Gasteiger partial charge in [-0.3, -0.25) is 9.69 Å². The summed E-state index contributed by atoms with van der Waals surface area (Å²) >= 11 is 0. The number of likely N-dealkylation sites (N-methyl/N-ethyl adjacent to an activating group) is 1. The van der Waals surface area contributed by atoms with Gasteiger partial charge in [0.25, 0.3) is 0 Å². The molecule has 1 heterocycles. The van der Waals surface area contributed by atoms with Crippen molar-refractivity contribution in [3.05, 3.63) is 0 Å². The van der Waals surface area contributed by atoms with E-state index >= 15 is 0 Å². The van der Waals surface area contributed by atoms with Gasteiger partial charge in [-0.05, 0) is 13.5 Å². The topological polar surface area (TPSA) is 44.4 Å². The fraction of sp³-hybridized carbons (Fsp3) is 0.875. The summed E-state index contributed by atoms with van der Waals surface area (Å²) in [4.78, 5) is 13.3. The molecule has 2 N–H and O–H groups in total. The Balaban J connectivity index is 2.26. The normalized spacial score (nSPS) is 20.2. The quantitative estimate of drug-likeness (QED) is 0.574. The summed E-state index contributed by atoms with van der Waals surface area (Å²) in [5.74, 6) is 0.156. The molecule has 4 heteroatoms. The van der Waals surface area contributed by atoms with E-state index in [1.165, 1.54) is 0 Å². The Hall–Kier alpha value is -0.610. The third kappa shape index (κ3) is 3.19. The molecule has 0 aromatic rings. The van der Waals surface area contributed by atoms with Crippen LogP contribution < -0.4 is 10.6 Å². The van der Waals surface area contributed by atoms with Gasteiger partial charge < -0.3 is 10.6 Å². The molecule has 1 aliphatic heterocycles. The van der Waals surface area contributed by atoms with Crippen LogP contribution in [0.2, 0.25) is 0 Å². The van der Waals surface area contributed by atoms with E-state index in [0.29, 0.717) is 6.54 Å². The fourth-order valence-electron chi connectivity index (χ4n) is 1.33. The van der Waals surface area contributed by atoms with Crippen molar-refractivity contribution >= 4 is 5.91 Å². The van der Waals surface area contributed by atoms with Crippen LogP contribution in [0.15, 0.2) is 0 Å². The van der Waals surface area contributed by atoms with E-state index in [0.717, 1.165) is 32.6 Å². The molecule has 1 amide bonds. The van der Waals surface area contributed by atoms with Crippen LogP contribution in [0.1, 0.15) is 6.42 Å². The highest BCUT2D eigenvalue weighted by Crippen LogP contribution is 1.94. The van der Waals surface area contributed by atoms with Crippen molar-refractivity contribution < 1.29 is 4.79 Å². The summed E-state index contributed by atoms with van der Waals surface area (Å²) in [6.45, 7) is 4.33. The summed E-state index contributed by atoms with van der Waals surface area (Å²) in [5, 5.41) is 5.93. The van der Waals surface area contributed by atoms with Gasteiger partial charge in [-0.2, -0.15) is 0 Å². The van der Waals surface area contributed by atoms with Gasteiger partial charge in [-0.1, -0.05) is 0 Å². The average molecular weight is 171 g/mol. The second-order valence-corrected chi connectivity index (χ2v) is 3.08. The van der Waals surface area contributed by atoms with Crippen LogP contribution >= 0.6 is 0 Å². The van der Waals surface area contributed by atoms with Crippen LogP contribution in [0.4, 0.5) is 0 Å². The zero-order chi connectivity index (χ0) is 8.81. The fourth-order valence-corrected chi connectivity index (χ4v) is 1.33. The number of nitrogens with zero attached hydrogens (tertiary/aromatic N) is 1. The predicted molar refractivity (Wildman–Crippen MR) is 48.0 cm³/mol. The molecule has 0 atom stereocenters. The van der Waals surface area contributed by atoms with Crippen LogP contribution in [-0.4, -0.2) is 50.6 Å². The first-order valence-corrected chi connectivity index (χ1v) is 4.46. The van der Waals surface area contributed by atoms with Gasteiger partial charge >= 0.3 is 0 Å². The maximum absolute atomic E-state index is 11.1. The Morgan fingerprint density at radius 2 is 2.50 bits per heavy atom. The summed E-state index contributed by atoms with van der Waals surface area (Å²) < 4.78 is 0. The second-order valence-electron chi connectivity index (χ2n) is 3.08. The molecular formula is C8H17N3O. The van der Waals surface area contributed by atoms with E-state index in [1.807, 2.05) is 7.05 Å². The molecule has 0 spiro atoms. The van der Waals surface area contributed by atoms with Crippen LogP contribution in [0, 0.1) is 0 Å². The lowest BCUT2D eigenvalue weighted by Gasteiger charge is -2.17. The van der Waals surface area contributed by atoms with E-state index in [9.17, 15) is 4.79 Å². The van der Waals surface area contributed by atoms with E-state index < -0.39 is 0 Å². The molecule has 1 rings (SSSR count). The zero-order valence-corrected chi connectivity index (χ0v) is 7.60. The Morgan fingerprint density at radius 3 is 3.25 bits per heavy atom. The maximum atomic E-state index is 11.1. The van der Waals surface area contributed by atoms with Crippen LogP contribution in [0.3, 0.4) is 0 Å². The highest BCUT2D eigenvalue weighted by molar-refractivity contribution is 5.78. The highest BCUT2D eigenvalue weighted by atomic mass is 16.2. The van der Waals surface area contributed by atoms with Gasteiger partial charge in [0, 0.05) is 26.2 Å². The number of rotatable bonds is 3. The lowest BCUT2D eigenvalue weighted by Crippen LogP contribution is -2.36. The second kappa shape index (κ2) is 5.11. The number of nitrogens with one attached hydrogen (secondary N) is 2. The number of carbonyl (C=O) groups excluding carboxylic acids is 1. The monoisotopic (exact) mass is 171 g/mol. The minimum atomic E-state index is 0.156. The van der Waals surface area contributed by atoms with E-state index in [4.69, 9.17) is 0 Å². The molecule has 1 saturated heterocycles. The SMILES string of the molecule is CNCCN1CCCNC(=O)C1. The molecule has 0 aliphatic carbocycles. The number of carbonyl (C=O) groups is 1. The average Bonchev–Trinajstić information content (AvgIpc) is 2.26. The minimum absolute atomic E-state index is 0.156. The first-order chi connectivity index (χ1) is 5.83. The first kappa shape index (κ1) is 9.48. The molecular weight excluding hydrogens is 154 g/mol. The highest BCUT2D eigenvalue weighted by Gasteiger charge is 2.12. The molecule has 4 nitrogen and oxygen atoms in total. The van der Waals surface area contributed by atoms with Crippen molar-refractivity contribution in [1.29, 1.82) is 0 Å². The van der Waals surface area contributed by atoms with Crippen molar-refractivity contribution in [3.8, 4) is 0 Å². The standard InChI is InChI=1S/C8H17N3O/c1-9-4-6-11-5-2-3-10-8(12)7-11/h9H,2-7H2,1H3,(H,10,12). The maximum Gasteiger partial charge on any atom is 0.234 e. The van der Waals surface area contributed by atoms with Crippen LogP contribution in [-0.2, 0) is 4.79 Å². The third-order valence-electron chi connectivity index (χ3n) is 2.02. The van der Waals surface area contributed by atoms with Crippen LogP contribution in [0.5, 0.6) is 0 Å². The molecule has 0 unspecified atom stereocenters. The Labute approximate surface area is 73.3 Å². The van der Waals surface area contributed by atoms with Gasteiger partial charge in [0.05, 0.1) is 6.54 Å². The van der Waals surface area contributed by atoms with Crippen molar-refractivity contribution in [2.24, 2.45) is 0 Å². The molecule has 0 aromatic heterocycles. The molecule has 12 heavy (non-hydrogen) atoms. The van der Waals surface area contributed by atoms with Crippen molar-refractivity contribution in [1.82, 2.24) is 15.5 Å². The van der Waals surface area contributed by atoms with E-state index in [1.54, 1.807) is 0 Å². The zero-order valence-electron chi connectivity index (χ0n) is 7.60. The van der Waals surface area contributed by atoms with Crippen molar-refractivity contribution in [3.63, 3.8) is 0 Å². The smallest absolute Gasteiger partial charge is 0.234 e. The Bertz CT molecular complexity index is 149. The van der Waals surface area contributed by atoms with Gasteiger partial charge in [-0.25, -0.2) is 0 Å². The molecule has 1 aliphatic rings. The number of hydrogen-bond donors (Lipinski definition) is 2. The summed E-state index contributed by atoms with van der Waals surface area (Å²) in [5.41, 5.74) is 0. The Kier molecular flexibility index (Phi) is 4.04. The number of hydrogen-bond acceptors (Lipinski definition) is 3. The predicted octanol–water partition coefficient (Wildman–Crippen LogP) is -0.972. The first-order valence-electron chi connectivity index (χ1n) is 4.46. The molecule has 0 aromatic carbocycles. The van der Waals surface area contributed by atoms with E-state index in [-0.39, 0.29) is 5.91 Å². The van der Waals surface area contributed by atoms with Gasteiger partial charge in [0.2, 0.25) is 5.91 Å². The van der Waals surface area contributed by atoms with Crippen molar-refractivity contribution in [2.75, 3.05) is 39.8 Å². The lowest BCUT2D eigenvalue weighted by atomic mass is 10.4. The van der Waals surface area contributed by atoms with Gasteiger partial charge in [0.15, 0.2) is 0 Å². The van der Waals surface area contributed by atoms with Gasteiger partial charge in [-0.15, -0.1) is 0 Å². The van der Waals surface area contributed by atoms with Crippen LogP contribution in [0.25, 0.3) is 0 Å². The van der Waals surface area contributed by atoms with E-state index in [2.05, 4.69) is 15.5 Å². The molecule has 0 bridgehead atoms. The lowest BCUT2D eigenvalue weighted by molar-refractivity contribution is -0.121. The molecule has 0 radical (unpaired) electrons. The molecule has 1 fully saturated rings. The Morgan fingerprint density at radius 1 is 1.67 bits per heavy atom. The molecule has 0 saturated carbocycles. The van der Waals surface area contributed by atoms with Gasteiger partial charge in [0.1, 0.15) is 0 Å². The largest absolute Gasteiger partial charge is 0.355 e. The summed E-state index contributed by atoms with van der Waals surface area (Å²) in [6.07, 6.45) is 1.06. The summed E-state index contributed by atoms with van der Waals surface area (Å²) in [6, 6.07) is 0.